The molecule has 6 rings (SSSR count). The fourth-order valence-corrected chi connectivity index (χ4v) is 5.61. The van der Waals surface area contributed by atoms with Gasteiger partial charge < -0.3 is 9.80 Å². The Labute approximate surface area is 159 Å². The highest BCUT2D eigenvalue weighted by Crippen LogP contribution is 2.38. The van der Waals surface area contributed by atoms with E-state index in [4.69, 9.17) is 0 Å². The zero-order valence-corrected chi connectivity index (χ0v) is 16.3. The van der Waals surface area contributed by atoms with E-state index < -0.39 is 0 Å². The predicted octanol–water partition coefficient (Wildman–Crippen LogP) is 4.75. The number of para-hydroxylation sites is 1. The Kier molecular flexibility index (Phi) is 4.00. The van der Waals surface area contributed by atoms with Crippen LogP contribution < -0.4 is 9.80 Å². The maximum atomic E-state index is 3.58. The van der Waals surface area contributed by atoms with Crippen molar-refractivity contribution >= 4 is 27.3 Å². The van der Waals surface area contributed by atoms with Gasteiger partial charge in [0.2, 0.25) is 0 Å². The number of hydrogen-bond acceptors (Lipinski definition) is 2. The first kappa shape index (κ1) is 15.7. The molecule has 4 heterocycles. The molecule has 4 aliphatic heterocycles. The van der Waals surface area contributed by atoms with Gasteiger partial charge in [0.05, 0.1) is 0 Å². The average Bonchev–Trinajstić information content (AvgIpc) is 3.23. The molecule has 0 bridgehead atoms. The second kappa shape index (κ2) is 6.35. The summed E-state index contributed by atoms with van der Waals surface area (Å²) in [5, 5.41) is 0. The second-order valence-corrected chi connectivity index (χ2v) is 8.59. The minimum atomic E-state index is 1.23. The van der Waals surface area contributed by atoms with E-state index in [1.807, 2.05) is 0 Å². The third-order valence-electron chi connectivity index (χ3n) is 6.12. The molecule has 0 unspecified atom stereocenters. The summed E-state index contributed by atoms with van der Waals surface area (Å²) in [6.07, 6.45) is 7.72. The van der Waals surface area contributed by atoms with Crippen LogP contribution in [0.25, 0.3) is 0 Å². The van der Waals surface area contributed by atoms with Gasteiger partial charge in [0.15, 0.2) is 0 Å². The summed E-state index contributed by atoms with van der Waals surface area (Å²) in [7, 11) is 0. The Bertz CT molecular complexity index is 814. The molecule has 0 fully saturated rings. The molecule has 0 atom stereocenters. The molecular weight excluding hydrogens is 372 g/mol. The molecule has 0 aliphatic carbocycles. The van der Waals surface area contributed by atoms with Crippen molar-refractivity contribution in [2.45, 2.75) is 38.5 Å². The van der Waals surface area contributed by atoms with Crippen LogP contribution in [-0.2, 0) is 25.7 Å². The molecule has 0 aromatic heterocycles. The van der Waals surface area contributed by atoms with Crippen LogP contribution in [0.3, 0.4) is 0 Å². The number of rotatable bonds is 0. The highest BCUT2D eigenvalue weighted by Gasteiger charge is 2.26. The molecule has 0 N–H and O–H groups in total. The van der Waals surface area contributed by atoms with Crippen molar-refractivity contribution in [2.24, 2.45) is 0 Å². The Balaban J connectivity index is 0.000000112. The van der Waals surface area contributed by atoms with Crippen LogP contribution in [0.15, 0.2) is 34.8 Å². The van der Waals surface area contributed by atoms with Crippen LogP contribution >= 0.6 is 15.9 Å². The molecule has 2 aromatic carbocycles. The van der Waals surface area contributed by atoms with Crippen molar-refractivity contribution in [1.29, 1.82) is 0 Å². The molecule has 0 saturated carbocycles. The molecule has 0 spiro atoms. The van der Waals surface area contributed by atoms with Gasteiger partial charge in [-0.05, 0) is 72.9 Å². The van der Waals surface area contributed by atoms with E-state index >= 15 is 0 Å². The average molecular weight is 397 g/mol. The number of hydrogen-bond donors (Lipinski definition) is 0. The first-order chi connectivity index (χ1) is 12.3. The van der Waals surface area contributed by atoms with Crippen LogP contribution in [0.5, 0.6) is 0 Å². The Morgan fingerprint density at radius 1 is 0.640 bits per heavy atom. The van der Waals surface area contributed by atoms with Crippen molar-refractivity contribution in [3.05, 3.63) is 57.1 Å². The van der Waals surface area contributed by atoms with Crippen LogP contribution in [0, 0.1) is 0 Å². The fraction of sp³-hybridized carbons (Fsp3) is 0.455. The largest absolute Gasteiger partial charge is 0.371 e. The smallest absolute Gasteiger partial charge is 0.0432 e. The van der Waals surface area contributed by atoms with Gasteiger partial charge in [-0.25, -0.2) is 0 Å². The van der Waals surface area contributed by atoms with E-state index in [-0.39, 0.29) is 0 Å². The van der Waals surface area contributed by atoms with E-state index in [2.05, 4.69) is 56.1 Å². The first-order valence-electron chi connectivity index (χ1n) is 9.71. The minimum Gasteiger partial charge on any atom is -0.371 e. The quantitative estimate of drug-likeness (QED) is 0.633. The molecule has 2 aromatic rings. The van der Waals surface area contributed by atoms with E-state index in [0.717, 1.165) is 0 Å². The van der Waals surface area contributed by atoms with Crippen molar-refractivity contribution in [2.75, 3.05) is 36.0 Å². The molecular formula is C22H25BrN2. The van der Waals surface area contributed by atoms with E-state index in [1.165, 1.54) is 69.2 Å². The lowest BCUT2D eigenvalue weighted by Crippen LogP contribution is -2.26. The topological polar surface area (TPSA) is 6.48 Å². The normalized spacial score (nSPS) is 19.2. The molecule has 3 heteroatoms. The zero-order valence-electron chi connectivity index (χ0n) is 14.7. The summed E-state index contributed by atoms with van der Waals surface area (Å²) < 4.78 is 1.25. The summed E-state index contributed by atoms with van der Waals surface area (Å²) in [4.78, 5) is 5.09. The van der Waals surface area contributed by atoms with Gasteiger partial charge >= 0.3 is 0 Å². The number of anilines is 2. The minimum absolute atomic E-state index is 1.23. The fourth-order valence-electron chi connectivity index (χ4n) is 5.06. The molecule has 0 saturated heterocycles. The van der Waals surface area contributed by atoms with Crippen LogP contribution in [-0.4, -0.2) is 26.2 Å². The third-order valence-corrected chi connectivity index (χ3v) is 6.58. The van der Waals surface area contributed by atoms with Crippen molar-refractivity contribution in [3.8, 4) is 0 Å². The number of halogens is 1. The maximum Gasteiger partial charge on any atom is 0.0432 e. The summed E-state index contributed by atoms with van der Waals surface area (Å²) in [6.45, 7) is 5.04. The Hall–Kier alpha value is -1.48. The summed E-state index contributed by atoms with van der Waals surface area (Å²) in [5.74, 6) is 0. The molecule has 0 amide bonds. The highest BCUT2D eigenvalue weighted by molar-refractivity contribution is 9.10. The molecule has 4 aliphatic rings. The van der Waals surface area contributed by atoms with Gasteiger partial charge in [-0.15, -0.1) is 0 Å². The Morgan fingerprint density at radius 2 is 1.16 bits per heavy atom. The van der Waals surface area contributed by atoms with Crippen molar-refractivity contribution in [3.63, 3.8) is 0 Å². The van der Waals surface area contributed by atoms with E-state index in [9.17, 15) is 0 Å². The lowest BCUT2D eigenvalue weighted by Gasteiger charge is -2.27. The lowest BCUT2D eigenvalue weighted by molar-refractivity contribution is 0.719. The number of aryl methyl sites for hydroxylation is 2. The molecule has 0 radical (unpaired) electrons. The SMILES string of the molecule is Brc1cc2c3c(c1)CCN3CCC2.c1cc2c3c(c1)CCN3CCC2. The number of benzene rings is 2. The van der Waals surface area contributed by atoms with Crippen LogP contribution in [0.2, 0.25) is 0 Å². The van der Waals surface area contributed by atoms with Gasteiger partial charge in [-0.3, -0.25) is 0 Å². The van der Waals surface area contributed by atoms with Gasteiger partial charge in [-0.1, -0.05) is 34.1 Å². The van der Waals surface area contributed by atoms with Crippen molar-refractivity contribution in [1.82, 2.24) is 0 Å². The van der Waals surface area contributed by atoms with Gasteiger partial charge in [-0.2, -0.15) is 0 Å². The van der Waals surface area contributed by atoms with E-state index in [1.54, 1.807) is 33.6 Å². The standard InChI is InChI=1S/C11H12BrN.C11H13N/c12-10-6-8-2-1-4-13-5-3-9(7-10)11(8)13;1-3-9-5-2-7-12-8-6-10(4-1)11(9)12/h6-7H,1-5H2;1,3-4H,2,5-8H2. The van der Waals surface area contributed by atoms with Crippen LogP contribution in [0.4, 0.5) is 11.4 Å². The molecule has 25 heavy (non-hydrogen) atoms. The zero-order chi connectivity index (χ0) is 16.8. The summed E-state index contributed by atoms with van der Waals surface area (Å²) >= 11 is 3.58. The van der Waals surface area contributed by atoms with Crippen molar-refractivity contribution < 1.29 is 0 Å². The predicted molar refractivity (Wildman–Crippen MR) is 109 cm³/mol. The molecule has 130 valence electrons. The molecule has 2 nitrogen and oxygen atoms in total. The van der Waals surface area contributed by atoms with E-state index in [0.29, 0.717) is 0 Å². The van der Waals surface area contributed by atoms with Gasteiger partial charge in [0, 0.05) is 42.0 Å². The lowest BCUT2D eigenvalue weighted by atomic mass is 10.0. The first-order valence-corrected chi connectivity index (χ1v) is 10.5. The summed E-state index contributed by atoms with van der Waals surface area (Å²) in [6, 6.07) is 11.4. The number of nitrogens with zero attached hydrogens (tertiary/aromatic N) is 2. The summed E-state index contributed by atoms with van der Waals surface area (Å²) in [5.41, 5.74) is 9.37. The highest BCUT2D eigenvalue weighted by atomic mass is 79.9. The van der Waals surface area contributed by atoms with Gasteiger partial charge in [0.1, 0.15) is 0 Å². The maximum absolute atomic E-state index is 3.58. The van der Waals surface area contributed by atoms with Gasteiger partial charge in [0.25, 0.3) is 0 Å². The third kappa shape index (κ3) is 2.77. The second-order valence-electron chi connectivity index (χ2n) is 7.68. The van der Waals surface area contributed by atoms with Crippen LogP contribution in [0.1, 0.15) is 35.1 Å². The Morgan fingerprint density at radius 3 is 1.88 bits per heavy atom. The monoisotopic (exact) mass is 396 g/mol.